The van der Waals surface area contributed by atoms with Crippen molar-refractivity contribution in [2.45, 2.75) is 58.8 Å². The van der Waals surface area contributed by atoms with Gasteiger partial charge in [0.05, 0.1) is 0 Å². The Balaban J connectivity index is 2.32. The maximum atomic E-state index is 11.9. The van der Waals surface area contributed by atoms with E-state index in [1.807, 2.05) is 0 Å². The van der Waals surface area contributed by atoms with E-state index in [0.717, 1.165) is 25.8 Å². The number of amides is 1. The number of rotatable bonds is 6. The van der Waals surface area contributed by atoms with Crippen LogP contribution in [0.3, 0.4) is 0 Å². The van der Waals surface area contributed by atoms with Gasteiger partial charge in [-0.25, -0.2) is 0 Å². The predicted octanol–water partition coefficient (Wildman–Crippen LogP) is 2.45. The molecule has 1 saturated carbocycles. The summed E-state index contributed by atoms with van der Waals surface area (Å²) in [6.07, 6.45) is 7.70. The molecule has 3 N–H and O–H groups in total. The average Bonchev–Trinajstić information content (AvgIpc) is 2.29. The van der Waals surface area contributed by atoms with Crippen molar-refractivity contribution >= 4 is 5.91 Å². The molecule has 0 saturated heterocycles. The van der Waals surface area contributed by atoms with Crippen molar-refractivity contribution in [2.75, 3.05) is 13.1 Å². The highest BCUT2D eigenvalue weighted by Crippen LogP contribution is 2.38. The summed E-state index contributed by atoms with van der Waals surface area (Å²) in [6.45, 7) is 5.81. The summed E-state index contributed by atoms with van der Waals surface area (Å²) in [6, 6.07) is 0. The van der Waals surface area contributed by atoms with Gasteiger partial charge in [-0.05, 0) is 37.1 Å². The van der Waals surface area contributed by atoms with Crippen molar-refractivity contribution in [1.82, 2.24) is 5.32 Å². The molecule has 100 valence electrons. The average molecular weight is 240 g/mol. The number of hydrogen-bond donors (Lipinski definition) is 2. The second-order valence-corrected chi connectivity index (χ2v) is 5.97. The van der Waals surface area contributed by atoms with Gasteiger partial charge in [-0.1, -0.05) is 33.1 Å². The lowest BCUT2D eigenvalue weighted by atomic mass is 9.71. The third-order valence-corrected chi connectivity index (χ3v) is 3.93. The monoisotopic (exact) mass is 240 g/mol. The molecule has 0 heterocycles. The summed E-state index contributed by atoms with van der Waals surface area (Å²) in [5, 5.41) is 3.03. The van der Waals surface area contributed by atoms with Crippen LogP contribution in [0.4, 0.5) is 0 Å². The van der Waals surface area contributed by atoms with E-state index in [4.69, 9.17) is 5.73 Å². The summed E-state index contributed by atoms with van der Waals surface area (Å²) in [5.74, 6) is 0.839. The van der Waals surface area contributed by atoms with Gasteiger partial charge in [-0.3, -0.25) is 4.79 Å². The van der Waals surface area contributed by atoms with Crippen LogP contribution in [0.25, 0.3) is 0 Å². The fourth-order valence-electron chi connectivity index (χ4n) is 2.66. The molecule has 3 nitrogen and oxygen atoms in total. The molecule has 3 heteroatoms. The Labute approximate surface area is 106 Å². The Bertz CT molecular complexity index is 232. The van der Waals surface area contributed by atoms with Gasteiger partial charge in [0.25, 0.3) is 0 Å². The molecule has 1 aliphatic rings. The van der Waals surface area contributed by atoms with E-state index >= 15 is 0 Å². The van der Waals surface area contributed by atoms with Gasteiger partial charge in [0.2, 0.25) is 5.91 Å². The number of carbonyl (C=O) groups is 1. The molecule has 0 bridgehead atoms. The zero-order valence-electron chi connectivity index (χ0n) is 11.4. The molecule has 0 aliphatic heterocycles. The van der Waals surface area contributed by atoms with Gasteiger partial charge in [0.1, 0.15) is 0 Å². The third-order valence-electron chi connectivity index (χ3n) is 3.93. The first-order chi connectivity index (χ1) is 8.08. The Kier molecular flexibility index (Phi) is 5.96. The fraction of sp³-hybridized carbons (Fsp3) is 0.929. The molecule has 0 aromatic carbocycles. The van der Waals surface area contributed by atoms with E-state index in [1.54, 1.807) is 0 Å². The van der Waals surface area contributed by atoms with Crippen LogP contribution in [0.15, 0.2) is 0 Å². The molecule has 1 aliphatic carbocycles. The molecule has 0 radical (unpaired) electrons. The second-order valence-electron chi connectivity index (χ2n) is 5.97. The van der Waals surface area contributed by atoms with E-state index in [9.17, 15) is 4.79 Å². The van der Waals surface area contributed by atoms with Gasteiger partial charge in [-0.2, -0.15) is 0 Å². The van der Waals surface area contributed by atoms with Crippen LogP contribution in [0.5, 0.6) is 0 Å². The molecule has 0 aromatic rings. The van der Waals surface area contributed by atoms with Gasteiger partial charge >= 0.3 is 0 Å². The number of hydrogen-bond acceptors (Lipinski definition) is 2. The van der Waals surface area contributed by atoms with Gasteiger partial charge in [0.15, 0.2) is 0 Å². The van der Waals surface area contributed by atoms with Crippen LogP contribution in [-0.4, -0.2) is 19.0 Å². The molecular weight excluding hydrogens is 212 g/mol. The number of nitrogens with one attached hydrogen (secondary N) is 1. The highest BCUT2D eigenvalue weighted by atomic mass is 16.1. The second kappa shape index (κ2) is 7.00. The molecule has 17 heavy (non-hydrogen) atoms. The molecule has 1 amide bonds. The van der Waals surface area contributed by atoms with E-state index < -0.39 is 0 Å². The normalized spacial score (nSPS) is 19.3. The smallest absolute Gasteiger partial charge is 0.220 e. The number of carbonyl (C=O) groups excluding carboxylic acids is 1. The fourth-order valence-corrected chi connectivity index (χ4v) is 2.66. The Morgan fingerprint density at radius 2 is 1.94 bits per heavy atom. The minimum atomic E-state index is 0.0974. The predicted molar refractivity (Wildman–Crippen MR) is 71.7 cm³/mol. The minimum absolute atomic E-state index is 0.0974. The molecular formula is C14H28N2O. The lowest BCUT2D eigenvalue weighted by molar-refractivity contribution is -0.123. The third kappa shape index (κ3) is 5.07. The summed E-state index contributed by atoms with van der Waals surface area (Å²) < 4.78 is 0. The summed E-state index contributed by atoms with van der Waals surface area (Å²) in [4.78, 5) is 11.9. The van der Waals surface area contributed by atoms with Crippen molar-refractivity contribution in [1.29, 1.82) is 0 Å². The van der Waals surface area contributed by atoms with E-state index in [1.165, 1.54) is 19.3 Å². The lowest BCUT2D eigenvalue weighted by Crippen LogP contribution is -2.39. The van der Waals surface area contributed by atoms with Gasteiger partial charge < -0.3 is 11.1 Å². The molecule has 0 atom stereocenters. The topological polar surface area (TPSA) is 55.1 Å². The van der Waals surface area contributed by atoms with Gasteiger partial charge in [-0.15, -0.1) is 0 Å². The quantitative estimate of drug-likeness (QED) is 0.749. The highest BCUT2D eigenvalue weighted by molar-refractivity contribution is 5.76. The van der Waals surface area contributed by atoms with Crippen LogP contribution in [0.1, 0.15) is 58.8 Å². The highest BCUT2D eigenvalue weighted by Gasteiger charge is 2.32. The first-order valence-electron chi connectivity index (χ1n) is 7.05. The molecule has 1 rings (SSSR count). The molecule has 0 unspecified atom stereocenters. The Hall–Kier alpha value is -0.570. The van der Waals surface area contributed by atoms with Crippen LogP contribution in [-0.2, 0) is 4.79 Å². The number of nitrogens with two attached hydrogens (primary N) is 1. The zero-order valence-corrected chi connectivity index (χ0v) is 11.4. The first kappa shape index (κ1) is 14.5. The van der Waals surface area contributed by atoms with E-state index in [2.05, 4.69) is 19.2 Å². The van der Waals surface area contributed by atoms with Crippen molar-refractivity contribution in [3.8, 4) is 0 Å². The standard InChI is InChI=1S/C14H28N2O/c1-12(2)6-9-16-13(17)10-14(11-15)7-4-3-5-8-14/h12H,3-11,15H2,1-2H3,(H,16,17). The van der Waals surface area contributed by atoms with Crippen LogP contribution < -0.4 is 11.1 Å². The minimum Gasteiger partial charge on any atom is -0.356 e. The Morgan fingerprint density at radius 3 is 2.47 bits per heavy atom. The molecule has 0 aromatic heterocycles. The van der Waals surface area contributed by atoms with Gasteiger partial charge in [0, 0.05) is 13.0 Å². The SMILES string of the molecule is CC(C)CCNC(=O)CC1(CN)CCCCC1. The van der Waals surface area contributed by atoms with Crippen molar-refractivity contribution in [2.24, 2.45) is 17.1 Å². The van der Waals surface area contributed by atoms with Crippen LogP contribution in [0.2, 0.25) is 0 Å². The maximum absolute atomic E-state index is 11.9. The van der Waals surface area contributed by atoms with Crippen LogP contribution in [0, 0.1) is 11.3 Å². The maximum Gasteiger partial charge on any atom is 0.220 e. The molecule has 0 spiro atoms. The van der Waals surface area contributed by atoms with Crippen molar-refractivity contribution in [3.05, 3.63) is 0 Å². The van der Waals surface area contributed by atoms with Crippen molar-refractivity contribution in [3.63, 3.8) is 0 Å². The Morgan fingerprint density at radius 1 is 1.29 bits per heavy atom. The largest absolute Gasteiger partial charge is 0.356 e. The van der Waals surface area contributed by atoms with Crippen molar-refractivity contribution < 1.29 is 4.79 Å². The summed E-state index contributed by atoms with van der Waals surface area (Å²) in [5.41, 5.74) is 5.98. The molecule has 1 fully saturated rings. The van der Waals surface area contributed by atoms with Crippen LogP contribution >= 0.6 is 0 Å². The van der Waals surface area contributed by atoms with E-state index in [-0.39, 0.29) is 11.3 Å². The van der Waals surface area contributed by atoms with E-state index in [0.29, 0.717) is 18.9 Å². The first-order valence-corrected chi connectivity index (χ1v) is 7.05. The zero-order chi connectivity index (χ0) is 12.7. The lowest BCUT2D eigenvalue weighted by Gasteiger charge is -2.35. The summed E-state index contributed by atoms with van der Waals surface area (Å²) in [7, 11) is 0. The summed E-state index contributed by atoms with van der Waals surface area (Å²) >= 11 is 0.